The maximum absolute atomic E-state index is 13.3. The van der Waals surface area contributed by atoms with E-state index in [9.17, 15) is 14.0 Å². The molecule has 0 radical (unpaired) electrons. The molecule has 0 aromatic heterocycles. The van der Waals surface area contributed by atoms with Crippen molar-refractivity contribution in [1.29, 1.82) is 0 Å². The van der Waals surface area contributed by atoms with E-state index in [0.717, 1.165) is 0 Å². The summed E-state index contributed by atoms with van der Waals surface area (Å²) in [6.07, 6.45) is 0. The van der Waals surface area contributed by atoms with Crippen LogP contribution in [0, 0.1) is 17.7 Å². The summed E-state index contributed by atoms with van der Waals surface area (Å²) in [6.45, 7) is 4.76. The Morgan fingerprint density at radius 1 is 1.48 bits per heavy atom. The van der Waals surface area contributed by atoms with Gasteiger partial charge in [-0.15, -0.1) is 0 Å². The van der Waals surface area contributed by atoms with Crippen molar-refractivity contribution < 1.29 is 19.1 Å². The fraction of sp³-hybridized carbons (Fsp3) is 0.467. The quantitative estimate of drug-likeness (QED) is 0.927. The van der Waals surface area contributed by atoms with Gasteiger partial charge in [0.1, 0.15) is 5.82 Å². The van der Waals surface area contributed by atoms with Crippen LogP contribution in [0.25, 0.3) is 0 Å². The third-order valence-electron chi connectivity index (χ3n) is 3.94. The molecule has 1 saturated heterocycles. The van der Waals surface area contributed by atoms with E-state index >= 15 is 0 Å². The molecular formula is C15H19FN2O3. The lowest BCUT2D eigenvalue weighted by Crippen LogP contribution is -2.57. The van der Waals surface area contributed by atoms with E-state index in [4.69, 9.17) is 5.11 Å². The predicted molar refractivity (Wildman–Crippen MR) is 76.7 cm³/mol. The Balaban J connectivity index is 2.01. The van der Waals surface area contributed by atoms with E-state index in [0.29, 0.717) is 25.3 Å². The van der Waals surface area contributed by atoms with Gasteiger partial charge in [0.25, 0.3) is 0 Å². The van der Waals surface area contributed by atoms with E-state index in [2.05, 4.69) is 0 Å². The molecule has 0 bridgehead atoms. The SMILES string of the molecule is CCN(C(=O)N1CC(C(C)C(=O)O)C1)c1cccc(F)c1. The molecule has 1 atom stereocenters. The average Bonchev–Trinajstić information content (AvgIpc) is 2.37. The summed E-state index contributed by atoms with van der Waals surface area (Å²) in [7, 11) is 0. The molecule has 114 valence electrons. The van der Waals surface area contributed by atoms with Crippen LogP contribution in [0.1, 0.15) is 13.8 Å². The molecule has 2 amide bonds. The van der Waals surface area contributed by atoms with Gasteiger partial charge in [0.05, 0.1) is 5.92 Å². The maximum Gasteiger partial charge on any atom is 0.324 e. The van der Waals surface area contributed by atoms with Crippen LogP contribution in [0.3, 0.4) is 0 Å². The van der Waals surface area contributed by atoms with Crippen LogP contribution in [0.5, 0.6) is 0 Å². The Morgan fingerprint density at radius 2 is 2.14 bits per heavy atom. The number of likely N-dealkylation sites (tertiary alicyclic amines) is 1. The van der Waals surface area contributed by atoms with Crippen LogP contribution in [0.4, 0.5) is 14.9 Å². The highest BCUT2D eigenvalue weighted by Crippen LogP contribution is 2.27. The minimum Gasteiger partial charge on any atom is -0.481 e. The number of carbonyl (C=O) groups is 2. The lowest BCUT2D eigenvalue weighted by Gasteiger charge is -2.43. The van der Waals surface area contributed by atoms with Crippen molar-refractivity contribution in [2.24, 2.45) is 11.8 Å². The maximum atomic E-state index is 13.3. The Bertz CT molecular complexity index is 543. The number of amides is 2. The number of urea groups is 1. The minimum atomic E-state index is -0.843. The lowest BCUT2D eigenvalue weighted by molar-refractivity contribution is -0.144. The molecule has 1 unspecified atom stereocenters. The van der Waals surface area contributed by atoms with Gasteiger partial charge in [0.2, 0.25) is 0 Å². The van der Waals surface area contributed by atoms with E-state index in [1.165, 1.54) is 17.0 Å². The summed E-state index contributed by atoms with van der Waals surface area (Å²) in [6, 6.07) is 5.68. The Hall–Kier alpha value is -2.11. The monoisotopic (exact) mass is 294 g/mol. The number of benzene rings is 1. The molecule has 0 aliphatic carbocycles. The molecule has 6 heteroatoms. The fourth-order valence-electron chi connectivity index (χ4n) is 2.43. The van der Waals surface area contributed by atoms with Crippen LogP contribution in [0.15, 0.2) is 24.3 Å². The van der Waals surface area contributed by atoms with Crippen LogP contribution in [-0.4, -0.2) is 41.6 Å². The summed E-state index contributed by atoms with van der Waals surface area (Å²) in [4.78, 5) is 26.4. The van der Waals surface area contributed by atoms with E-state index < -0.39 is 11.9 Å². The van der Waals surface area contributed by atoms with Crippen molar-refractivity contribution in [1.82, 2.24) is 4.90 Å². The molecule has 1 aromatic rings. The fourth-order valence-corrected chi connectivity index (χ4v) is 2.43. The summed E-state index contributed by atoms with van der Waals surface area (Å²) in [5.41, 5.74) is 0.511. The molecule has 5 nitrogen and oxygen atoms in total. The molecular weight excluding hydrogens is 275 g/mol. The predicted octanol–water partition coefficient (Wildman–Crippen LogP) is 2.42. The smallest absolute Gasteiger partial charge is 0.324 e. The number of hydrogen-bond donors (Lipinski definition) is 1. The summed E-state index contributed by atoms with van der Waals surface area (Å²) in [5, 5.41) is 8.95. The number of hydrogen-bond acceptors (Lipinski definition) is 2. The molecule has 1 aromatic carbocycles. The number of nitrogens with zero attached hydrogens (tertiary/aromatic N) is 2. The van der Waals surface area contributed by atoms with E-state index in [1.807, 2.05) is 6.92 Å². The molecule has 1 heterocycles. The summed E-state index contributed by atoms with van der Waals surface area (Å²) < 4.78 is 13.3. The van der Waals surface area contributed by atoms with Gasteiger partial charge < -0.3 is 10.0 Å². The molecule has 2 rings (SSSR count). The first-order chi connectivity index (χ1) is 9.93. The second-order valence-corrected chi connectivity index (χ2v) is 5.30. The van der Waals surface area contributed by atoms with Gasteiger partial charge in [0, 0.05) is 31.2 Å². The molecule has 1 aliphatic heterocycles. The second kappa shape index (κ2) is 6.11. The Kier molecular flexibility index (Phi) is 4.45. The van der Waals surface area contributed by atoms with Gasteiger partial charge in [0.15, 0.2) is 0 Å². The van der Waals surface area contributed by atoms with Crippen molar-refractivity contribution in [2.75, 3.05) is 24.5 Å². The molecule has 21 heavy (non-hydrogen) atoms. The highest BCUT2D eigenvalue weighted by atomic mass is 19.1. The number of aliphatic carboxylic acids is 1. The van der Waals surface area contributed by atoms with E-state index in [1.54, 1.807) is 24.0 Å². The first kappa shape index (κ1) is 15.3. The third-order valence-corrected chi connectivity index (χ3v) is 3.94. The van der Waals surface area contributed by atoms with Crippen molar-refractivity contribution in [3.63, 3.8) is 0 Å². The number of carbonyl (C=O) groups excluding carboxylic acids is 1. The molecule has 0 saturated carbocycles. The number of anilines is 1. The second-order valence-electron chi connectivity index (χ2n) is 5.30. The third kappa shape index (κ3) is 3.15. The van der Waals surface area contributed by atoms with E-state index in [-0.39, 0.29) is 17.8 Å². The van der Waals surface area contributed by atoms with Gasteiger partial charge in [-0.05, 0) is 25.1 Å². The zero-order valence-corrected chi connectivity index (χ0v) is 12.1. The number of carboxylic acids is 1. The first-order valence-electron chi connectivity index (χ1n) is 6.98. The lowest BCUT2D eigenvalue weighted by atomic mass is 9.87. The zero-order chi connectivity index (χ0) is 15.6. The summed E-state index contributed by atoms with van der Waals surface area (Å²) >= 11 is 0. The number of halogens is 1. The highest BCUT2D eigenvalue weighted by molar-refractivity contribution is 5.92. The molecule has 1 N–H and O–H groups in total. The number of carboxylic acid groups (broad SMARTS) is 1. The highest BCUT2D eigenvalue weighted by Gasteiger charge is 2.38. The molecule has 1 aliphatic rings. The van der Waals surface area contributed by atoms with Crippen LogP contribution >= 0.6 is 0 Å². The topological polar surface area (TPSA) is 60.9 Å². The first-order valence-corrected chi connectivity index (χ1v) is 6.98. The van der Waals surface area contributed by atoms with Crippen molar-refractivity contribution in [3.8, 4) is 0 Å². The standard InChI is InChI=1S/C15H19FN2O3/c1-3-18(13-6-4-5-12(16)7-13)15(21)17-8-11(9-17)10(2)14(19)20/h4-7,10-11H,3,8-9H2,1-2H3,(H,19,20). The normalized spacial score (nSPS) is 16.2. The number of rotatable bonds is 4. The minimum absolute atomic E-state index is 0.0161. The Morgan fingerprint density at radius 3 is 2.67 bits per heavy atom. The molecule has 0 spiro atoms. The summed E-state index contributed by atoms with van der Waals surface area (Å²) in [5.74, 6) is -1.71. The van der Waals surface area contributed by atoms with Crippen molar-refractivity contribution in [3.05, 3.63) is 30.1 Å². The van der Waals surface area contributed by atoms with Gasteiger partial charge in [-0.3, -0.25) is 9.69 Å². The van der Waals surface area contributed by atoms with Crippen LogP contribution < -0.4 is 4.90 Å². The van der Waals surface area contributed by atoms with Crippen LogP contribution in [0.2, 0.25) is 0 Å². The molecule has 1 fully saturated rings. The van der Waals surface area contributed by atoms with Gasteiger partial charge in [-0.2, -0.15) is 0 Å². The van der Waals surface area contributed by atoms with Crippen molar-refractivity contribution >= 4 is 17.7 Å². The largest absolute Gasteiger partial charge is 0.481 e. The van der Waals surface area contributed by atoms with Crippen molar-refractivity contribution in [2.45, 2.75) is 13.8 Å². The van der Waals surface area contributed by atoms with Crippen LogP contribution in [-0.2, 0) is 4.79 Å². The Labute approximate surface area is 123 Å². The van der Waals surface area contributed by atoms with Gasteiger partial charge in [-0.25, -0.2) is 9.18 Å². The van der Waals surface area contributed by atoms with Gasteiger partial charge >= 0.3 is 12.0 Å². The average molecular weight is 294 g/mol. The van der Waals surface area contributed by atoms with Gasteiger partial charge in [-0.1, -0.05) is 13.0 Å². The zero-order valence-electron chi connectivity index (χ0n) is 12.1.